The summed E-state index contributed by atoms with van der Waals surface area (Å²) in [6.07, 6.45) is 0. The number of aromatic nitrogens is 5. The highest BCUT2D eigenvalue weighted by atomic mass is 15.2. The largest absolute Gasteiger partial charge is 0.309 e. The summed E-state index contributed by atoms with van der Waals surface area (Å²) in [7, 11) is 0. The molecular formula is C51H33N5. The normalized spacial score (nSPS) is 12.6. The minimum atomic E-state index is -0.262. The van der Waals surface area contributed by atoms with Crippen LogP contribution in [0.25, 0.3) is 100 Å². The van der Waals surface area contributed by atoms with Crippen LogP contribution in [0.2, 0.25) is 0 Å². The first-order valence-corrected chi connectivity index (χ1v) is 18.5. The minimum absolute atomic E-state index is 0.0539. The summed E-state index contributed by atoms with van der Waals surface area (Å²) >= 11 is 0. The topological polar surface area (TPSA) is 48.5 Å². The summed E-state index contributed by atoms with van der Waals surface area (Å²) in [4.78, 5) is 15.2. The molecule has 3 aromatic heterocycles. The van der Waals surface area contributed by atoms with Crippen LogP contribution in [0.4, 0.5) is 0 Å². The average molecular weight is 720 g/mol. The van der Waals surface area contributed by atoms with Gasteiger partial charge in [-0.25, -0.2) is 4.98 Å². The van der Waals surface area contributed by atoms with Crippen molar-refractivity contribution in [2.45, 2.75) is 0 Å². The Morgan fingerprint density at radius 3 is 1.57 bits per heavy atom. The van der Waals surface area contributed by atoms with E-state index >= 15 is 0 Å². The van der Waals surface area contributed by atoms with E-state index in [-0.39, 0.29) is 24.2 Å². The molecule has 0 N–H and O–H groups in total. The quantitative estimate of drug-likeness (QED) is 0.172. The van der Waals surface area contributed by atoms with Gasteiger partial charge in [-0.05, 0) is 64.7 Å². The molecule has 0 unspecified atom stereocenters. The van der Waals surface area contributed by atoms with Crippen LogP contribution in [-0.4, -0.2) is 24.1 Å². The van der Waals surface area contributed by atoms with Gasteiger partial charge in [0, 0.05) is 38.4 Å². The van der Waals surface area contributed by atoms with E-state index in [2.05, 4.69) is 59.2 Å². The van der Waals surface area contributed by atoms with Crippen molar-refractivity contribution in [3.63, 3.8) is 0 Å². The Labute approximate surface area is 329 Å². The van der Waals surface area contributed by atoms with Crippen LogP contribution in [0.3, 0.4) is 0 Å². The van der Waals surface area contributed by atoms with Gasteiger partial charge in [-0.1, -0.05) is 158 Å². The molecule has 3 heterocycles. The van der Waals surface area contributed by atoms with Gasteiger partial charge < -0.3 is 4.57 Å². The molecule has 11 aromatic rings. The van der Waals surface area contributed by atoms with E-state index < -0.39 is 0 Å². The molecule has 0 aliphatic carbocycles. The van der Waals surface area contributed by atoms with Crippen LogP contribution in [0, 0.1) is 0 Å². The number of benzene rings is 8. The van der Waals surface area contributed by atoms with Crippen LogP contribution in [0.1, 0.15) is 5.48 Å². The number of hydrogen-bond acceptors (Lipinski definition) is 3. The maximum Gasteiger partial charge on any atom is 0.238 e. The molecule has 0 saturated carbocycles. The average Bonchev–Trinajstić information content (AvgIpc) is 3.84. The van der Waals surface area contributed by atoms with Crippen molar-refractivity contribution in [3.8, 4) is 56.7 Å². The monoisotopic (exact) mass is 719 g/mol. The number of rotatable bonds is 6. The lowest BCUT2D eigenvalue weighted by Crippen LogP contribution is -2.06. The van der Waals surface area contributed by atoms with E-state index in [1.807, 2.05) is 126 Å². The zero-order valence-corrected chi connectivity index (χ0v) is 30.0. The van der Waals surface area contributed by atoms with Gasteiger partial charge in [0.15, 0.2) is 11.6 Å². The van der Waals surface area contributed by atoms with Gasteiger partial charge in [0.05, 0.1) is 27.5 Å². The van der Waals surface area contributed by atoms with Crippen LogP contribution < -0.4 is 0 Å². The third kappa shape index (κ3) is 5.29. The Balaban J connectivity index is 1.03. The van der Waals surface area contributed by atoms with Gasteiger partial charge in [-0.15, -0.1) is 0 Å². The molecule has 0 aliphatic heterocycles. The molecule has 5 heteroatoms. The van der Waals surface area contributed by atoms with E-state index in [1.165, 1.54) is 0 Å². The minimum Gasteiger partial charge on any atom is -0.309 e. The highest BCUT2D eigenvalue weighted by Crippen LogP contribution is 2.37. The Morgan fingerprint density at radius 2 is 0.857 bits per heavy atom. The van der Waals surface area contributed by atoms with Crippen LogP contribution in [0.15, 0.2) is 200 Å². The molecule has 56 heavy (non-hydrogen) atoms. The van der Waals surface area contributed by atoms with Crippen molar-refractivity contribution in [1.29, 1.82) is 0 Å². The molecule has 0 bridgehead atoms. The van der Waals surface area contributed by atoms with E-state index in [4.69, 9.17) is 20.4 Å². The zero-order chi connectivity index (χ0) is 40.5. The summed E-state index contributed by atoms with van der Waals surface area (Å²) in [6.45, 7) is 0. The van der Waals surface area contributed by atoms with Gasteiger partial charge >= 0.3 is 0 Å². The number of fused-ring (bicyclic) bond motifs is 6. The van der Waals surface area contributed by atoms with Gasteiger partial charge in [-0.3, -0.25) is 4.57 Å². The fraction of sp³-hybridized carbons (Fsp3) is 0. The predicted molar refractivity (Wildman–Crippen MR) is 230 cm³/mol. The van der Waals surface area contributed by atoms with E-state index in [0.717, 1.165) is 71.8 Å². The molecule has 262 valence electrons. The lowest BCUT2D eigenvalue weighted by Gasteiger charge is -2.12. The van der Waals surface area contributed by atoms with Crippen molar-refractivity contribution in [2.75, 3.05) is 0 Å². The Morgan fingerprint density at radius 1 is 0.339 bits per heavy atom. The first-order chi connectivity index (χ1) is 29.4. The highest BCUT2D eigenvalue weighted by Gasteiger charge is 2.18. The summed E-state index contributed by atoms with van der Waals surface area (Å²) in [5.74, 6) is 1.66. The Bertz CT molecular complexity index is 3420. The molecule has 0 radical (unpaired) electrons. The smallest absolute Gasteiger partial charge is 0.238 e. The molecule has 11 rings (SSSR count). The molecule has 8 aromatic carbocycles. The van der Waals surface area contributed by atoms with Crippen molar-refractivity contribution in [3.05, 3.63) is 200 Å². The molecule has 5 nitrogen and oxygen atoms in total. The summed E-state index contributed by atoms with van der Waals surface area (Å²) in [5, 5.41) is 3.51. The fourth-order valence-corrected chi connectivity index (χ4v) is 7.88. The SMILES string of the molecule is [2H]c1c([2H])c([2H])c2c(c1[2H])c1cc(-c3ccccc3)ccc1n2-c1cccc(-c2ccc(-c3nc(-c4ccccc4)nc(-n4c5ccccc5c5ccccc54)n3)cc2)c1. The first kappa shape index (κ1) is 27.9. The molecule has 0 spiro atoms. The first-order valence-electron chi connectivity index (χ1n) is 20.5. The Kier molecular flexibility index (Phi) is 6.50. The van der Waals surface area contributed by atoms with E-state index in [0.29, 0.717) is 28.5 Å². The van der Waals surface area contributed by atoms with Gasteiger partial charge in [0.2, 0.25) is 5.95 Å². The third-order valence-electron chi connectivity index (χ3n) is 10.5. The summed E-state index contributed by atoms with van der Waals surface area (Å²) in [5.41, 5.74) is 9.70. The van der Waals surface area contributed by atoms with Crippen LogP contribution in [-0.2, 0) is 0 Å². The van der Waals surface area contributed by atoms with Gasteiger partial charge in [-0.2, -0.15) is 9.97 Å². The number of hydrogen-bond donors (Lipinski definition) is 0. The molecular weight excluding hydrogens is 683 g/mol. The standard InChI is InChI=1S/C51H33N5/c1-3-14-34(15-4-1)39-30-31-48-44(33-39)43-22-9-10-23-45(43)55(48)40-19-13-18-38(32-40)35-26-28-37(29-27-35)50-52-49(36-16-5-2-6-17-36)53-51(54-50)56-46-24-11-7-20-41(46)42-21-8-12-25-47(42)56/h1-33H/i9D,10D,22D,23D. The van der Waals surface area contributed by atoms with Crippen molar-refractivity contribution in [2.24, 2.45) is 0 Å². The van der Waals surface area contributed by atoms with Crippen LogP contribution >= 0.6 is 0 Å². The van der Waals surface area contributed by atoms with E-state index in [9.17, 15) is 0 Å². The highest BCUT2D eigenvalue weighted by molar-refractivity contribution is 6.11. The molecule has 0 amide bonds. The summed E-state index contributed by atoms with van der Waals surface area (Å²) in [6, 6.07) is 58.3. The molecule has 0 fully saturated rings. The maximum atomic E-state index is 9.07. The van der Waals surface area contributed by atoms with E-state index in [1.54, 1.807) is 0 Å². The molecule has 0 aliphatic rings. The van der Waals surface area contributed by atoms with Gasteiger partial charge in [0.25, 0.3) is 0 Å². The third-order valence-corrected chi connectivity index (χ3v) is 10.5. The second-order valence-electron chi connectivity index (χ2n) is 13.8. The second-order valence-corrected chi connectivity index (χ2v) is 13.8. The van der Waals surface area contributed by atoms with Crippen molar-refractivity contribution < 1.29 is 5.48 Å². The molecule has 0 atom stereocenters. The lowest BCUT2D eigenvalue weighted by atomic mass is 10.0. The number of nitrogens with zero attached hydrogens (tertiary/aromatic N) is 5. The van der Waals surface area contributed by atoms with Crippen molar-refractivity contribution >= 4 is 43.6 Å². The van der Waals surface area contributed by atoms with Gasteiger partial charge in [0.1, 0.15) is 0 Å². The maximum absolute atomic E-state index is 9.07. The zero-order valence-electron chi connectivity index (χ0n) is 34.0. The lowest BCUT2D eigenvalue weighted by molar-refractivity contribution is 0.953. The second kappa shape index (κ2) is 13.0. The predicted octanol–water partition coefficient (Wildman–Crippen LogP) is 12.7. The fourth-order valence-electron chi connectivity index (χ4n) is 7.88. The Hall–Kier alpha value is -7.63. The number of para-hydroxylation sites is 3. The molecule has 0 saturated heterocycles. The van der Waals surface area contributed by atoms with Crippen LogP contribution in [0.5, 0.6) is 0 Å². The van der Waals surface area contributed by atoms with Crippen molar-refractivity contribution in [1.82, 2.24) is 24.1 Å². The summed E-state index contributed by atoms with van der Waals surface area (Å²) < 4.78 is 39.3.